The molecule has 0 unspecified atom stereocenters. The number of rotatable bonds is 3. The molecule has 4 nitrogen and oxygen atoms in total. The molecule has 0 aliphatic carbocycles. The minimum atomic E-state index is -0.865. The van der Waals surface area contributed by atoms with Crippen LogP contribution in [0.1, 0.15) is 24.3 Å². The first-order valence-electron chi connectivity index (χ1n) is 3.84. The van der Waals surface area contributed by atoms with Gasteiger partial charge in [0.05, 0.1) is 5.54 Å². The van der Waals surface area contributed by atoms with Crippen LogP contribution in [-0.4, -0.2) is 23.3 Å². The molecule has 5 heteroatoms. The maximum atomic E-state index is 12.3. The van der Waals surface area contributed by atoms with E-state index in [-0.39, 0.29) is 5.69 Å². The Hall–Kier alpha value is -1.39. The van der Waals surface area contributed by atoms with Crippen LogP contribution in [0.3, 0.4) is 0 Å². The molecule has 0 bridgehead atoms. The van der Waals surface area contributed by atoms with Gasteiger partial charge in [0.1, 0.15) is 12.9 Å². The third-order valence-corrected chi connectivity index (χ3v) is 1.46. The van der Waals surface area contributed by atoms with Gasteiger partial charge < -0.3 is 9.84 Å². The molecule has 1 rings (SSSR count). The van der Waals surface area contributed by atoms with Crippen molar-refractivity contribution in [1.29, 1.82) is 0 Å². The van der Waals surface area contributed by atoms with Crippen LogP contribution in [0.4, 0.5) is 4.39 Å². The lowest BCUT2D eigenvalue weighted by atomic mass is 10.1. The fourth-order valence-corrected chi connectivity index (χ4v) is 0.734. The maximum absolute atomic E-state index is 12.3. The van der Waals surface area contributed by atoms with Crippen LogP contribution >= 0.6 is 0 Å². The van der Waals surface area contributed by atoms with Gasteiger partial charge in [-0.1, -0.05) is 5.16 Å². The average molecular weight is 186 g/mol. The number of hydrogen-bond acceptors (Lipinski definition) is 3. The summed E-state index contributed by atoms with van der Waals surface area (Å²) in [5, 5.41) is 5.90. The van der Waals surface area contributed by atoms with Gasteiger partial charge in [-0.15, -0.1) is 0 Å². The standard InChI is InChI=1S/C8H11FN2O2/c1-8(2,5-9)10-7(12)6-3-4-13-11-6/h3-4H,5H2,1-2H3,(H,10,12). The SMILES string of the molecule is CC(C)(CF)NC(=O)c1ccon1. The van der Waals surface area contributed by atoms with E-state index in [1.54, 1.807) is 13.8 Å². The number of nitrogens with zero attached hydrogens (tertiary/aromatic N) is 1. The molecule has 0 spiro atoms. The van der Waals surface area contributed by atoms with Crippen molar-refractivity contribution in [3.8, 4) is 0 Å². The normalized spacial score (nSPS) is 11.3. The van der Waals surface area contributed by atoms with E-state index >= 15 is 0 Å². The molecular formula is C8H11FN2O2. The zero-order chi connectivity index (χ0) is 9.90. The van der Waals surface area contributed by atoms with Crippen molar-refractivity contribution in [3.63, 3.8) is 0 Å². The zero-order valence-corrected chi connectivity index (χ0v) is 7.50. The van der Waals surface area contributed by atoms with Gasteiger partial charge in [0.2, 0.25) is 0 Å². The Morgan fingerprint density at radius 1 is 1.77 bits per heavy atom. The molecular weight excluding hydrogens is 175 g/mol. The number of carbonyl (C=O) groups excluding carboxylic acids is 1. The molecule has 0 fully saturated rings. The number of alkyl halides is 1. The van der Waals surface area contributed by atoms with Crippen molar-refractivity contribution >= 4 is 5.91 Å². The number of nitrogens with one attached hydrogen (secondary N) is 1. The lowest BCUT2D eigenvalue weighted by molar-refractivity contribution is 0.0890. The van der Waals surface area contributed by atoms with Crippen LogP contribution in [0.2, 0.25) is 0 Å². The number of halogens is 1. The Balaban J connectivity index is 2.61. The average Bonchev–Trinajstić information content (AvgIpc) is 2.55. The molecule has 13 heavy (non-hydrogen) atoms. The Morgan fingerprint density at radius 3 is 2.92 bits per heavy atom. The van der Waals surface area contributed by atoms with Gasteiger partial charge in [0.15, 0.2) is 5.69 Å². The first kappa shape index (κ1) is 9.70. The molecule has 72 valence electrons. The number of amides is 1. The Kier molecular flexibility index (Phi) is 2.65. The lowest BCUT2D eigenvalue weighted by Crippen LogP contribution is -2.45. The lowest BCUT2D eigenvalue weighted by Gasteiger charge is -2.21. The summed E-state index contributed by atoms with van der Waals surface area (Å²) in [6.45, 7) is 2.55. The summed E-state index contributed by atoms with van der Waals surface area (Å²) in [6.07, 6.45) is 1.29. The number of aromatic nitrogens is 1. The van der Waals surface area contributed by atoms with Gasteiger partial charge in [-0.2, -0.15) is 0 Å². The quantitative estimate of drug-likeness (QED) is 0.770. The predicted octanol–water partition coefficient (Wildman–Crippen LogP) is 1.15. The highest BCUT2D eigenvalue weighted by molar-refractivity contribution is 5.92. The second-order valence-electron chi connectivity index (χ2n) is 3.36. The topological polar surface area (TPSA) is 55.1 Å². The highest BCUT2D eigenvalue weighted by Crippen LogP contribution is 2.04. The first-order valence-corrected chi connectivity index (χ1v) is 3.84. The molecule has 0 aromatic carbocycles. The second kappa shape index (κ2) is 3.55. The summed E-state index contributed by atoms with van der Waals surface area (Å²) in [7, 11) is 0. The minimum Gasteiger partial charge on any atom is -0.364 e. The van der Waals surface area contributed by atoms with Gasteiger partial charge in [-0.05, 0) is 13.8 Å². The maximum Gasteiger partial charge on any atom is 0.273 e. The van der Waals surface area contributed by atoms with Crippen LogP contribution in [-0.2, 0) is 0 Å². The van der Waals surface area contributed by atoms with E-state index in [0.29, 0.717) is 0 Å². The van der Waals surface area contributed by atoms with E-state index in [9.17, 15) is 9.18 Å². The van der Waals surface area contributed by atoms with Crippen LogP contribution in [0.5, 0.6) is 0 Å². The van der Waals surface area contributed by atoms with Gasteiger partial charge in [0.25, 0.3) is 5.91 Å². The zero-order valence-electron chi connectivity index (χ0n) is 7.50. The molecule has 1 amide bonds. The van der Waals surface area contributed by atoms with Crippen LogP contribution in [0.15, 0.2) is 16.9 Å². The summed E-state index contributed by atoms with van der Waals surface area (Å²) in [6, 6.07) is 1.42. The molecule has 1 heterocycles. The summed E-state index contributed by atoms with van der Waals surface area (Å²) >= 11 is 0. The first-order chi connectivity index (χ1) is 6.05. The highest BCUT2D eigenvalue weighted by Gasteiger charge is 2.21. The highest BCUT2D eigenvalue weighted by atomic mass is 19.1. The van der Waals surface area contributed by atoms with E-state index in [2.05, 4.69) is 15.0 Å². The monoisotopic (exact) mass is 186 g/mol. The van der Waals surface area contributed by atoms with Crippen molar-refractivity contribution in [1.82, 2.24) is 10.5 Å². The third-order valence-electron chi connectivity index (χ3n) is 1.46. The molecule has 1 aromatic rings. The number of hydrogen-bond donors (Lipinski definition) is 1. The summed E-state index contributed by atoms with van der Waals surface area (Å²) in [5.74, 6) is -0.434. The Morgan fingerprint density at radius 2 is 2.46 bits per heavy atom. The molecule has 0 saturated heterocycles. The van der Waals surface area contributed by atoms with Crippen LogP contribution in [0, 0.1) is 0 Å². The van der Waals surface area contributed by atoms with Gasteiger partial charge in [0, 0.05) is 6.07 Å². The molecule has 0 saturated carbocycles. The molecule has 0 atom stereocenters. The number of carbonyl (C=O) groups is 1. The largest absolute Gasteiger partial charge is 0.364 e. The Labute approximate surface area is 75.1 Å². The van der Waals surface area contributed by atoms with E-state index in [0.717, 1.165) is 0 Å². The minimum absolute atomic E-state index is 0.154. The molecule has 0 aliphatic heterocycles. The Bertz CT molecular complexity index is 282. The van der Waals surface area contributed by atoms with Crippen molar-refractivity contribution in [3.05, 3.63) is 18.0 Å². The summed E-state index contributed by atoms with van der Waals surface area (Å²) in [5.41, 5.74) is -0.711. The van der Waals surface area contributed by atoms with Crippen molar-refractivity contribution in [2.45, 2.75) is 19.4 Å². The van der Waals surface area contributed by atoms with Gasteiger partial charge in [-0.3, -0.25) is 4.79 Å². The van der Waals surface area contributed by atoms with Crippen molar-refractivity contribution in [2.24, 2.45) is 0 Å². The van der Waals surface area contributed by atoms with Crippen molar-refractivity contribution < 1.29 is 13.7 Å². The smallest absolute Gasteiger partial charge is 0.273 e. The predicted molar refractivity (Wildman–Crippen MR) is 44.0 cm³/mol. The molecule has 1 aromatic heterocycles. The molecule has 0 aliphatic rings. The summed E-state index contributed by atoms with van der Waals surface area (Å²) in [4.78, 5) is 11.3. The van der Waals surface area contributed by atoms with Crippen LogP contribution in [0.25, 0.3) is 0 Å². The fraction of sp³-hybridized carbons (Fsp3) is 0.500. The fourth-order valence-electron chi connectivity index (χ4n) is 0.734. The van der Waals surface area contributed by atoms with E-state index < -0.39 is 18.1 Å². The second-order valence-corrected chi connectivity index (χ2v) is 3.36. The van der Waals surface area contributed by atoms with E-state index in [1.165, 1.54) is 12.3 Å². The van der Waals surface area contributed by atoms with Gasteiger partial charge in [-0.25, -0.2) is 4.39 Å². The van der Waals surface area contributed by atoms with Crippen molar-refractivity contribution in [2.75, 3.05) is 6.67 Å². The summed E-state index contributed by atoms with van der Waals surface area (Å²) < 4.78 is 16.8. The molecule has 1 N–H and O–H groups in total. The van der Waals surface area contributed by atoms with Crippen LogP contribution < -0.4 is 5.32 Å². The molecule has 0 radical (unpaired) electrons. The van der Waals surface area contributed by atoms with E-state index in [4.69, 9.17) is 0 Å². The van der Waals surface area contributed by atoms with Gasteiger partial charge >= 0.3 is 0 Å². The van der Waals surface area contributed by atoms with E-state index in [1.807, 2.05) is 0 Å². The third kappa shape index (κ3) is 2.54.